The van der Waals surface area contributed by atoms with Gasteiger partial charge in [-0.3, -0.25) is 0 Å². The lowest BCUT2D eigenvalue weighted by Crippen LogP contribution is -2.22. The standard InChI is InChI=1S/C13H18O5/c1-9-10(13(14)17-4)6-5-7-11(9)18-8-12(15-2)16-3/h5-7,12H,8H2,1-4H3. The van der Waals surface area contributed by atoms with Crippen molar-refractivity contribution in [2.45, 2.75) is 13.2 Å². The highest BCUT2D eigenvalue weighted by atomic mass is 16.7. The van der Waals surface area contributed by atoms with E-state index in [2.05, 4.69) is 0 Å². The summed E-state index contributed by atoms with van der Waals surface area (Å²) in [7, 11) is 4.42. The molecule has 0 unspecified atom stereocenters. The molecule has 0 heterocycles. The second kappa shape index (κ2) is 6.98. The summed E-state index contributed by atoms with van der Waals surface area (Å²) in [6, 6.07) is 5.21. The Morgan fingerprint density at radius 2 is 1.89 bits per heavy atom. The minimum Gasteiger partial charge on any atom is -0.488 e. The van der Waals surface area contributed by atoms with Gasteiger partial charge < -0.3 is 18.9 Å². The summed E-state index contributed by atoms with van der Waals surface area (Å²) in [6.07, 6.45) is -0.439. The van der Waals surface area contributed by atoms with Crippen LogP contribution in [0.25, 0.3) is 0 Å². The van der Waals surface area contributed by atoms with Crippen LogP contribution in [0.4, 0.5) is 0 Å². The van der Waals surface area contributed by atoms with Crippen molar-refractivity contribution in [3.05, 3.63) is 29.3 Å². The van der Waals surface area contributed by atoms with E-state index in [1.54, 1.807) is 25.1 Å². The van der Waals surface area contributed by atoms with Crippen LogP contribution in [0.15, 0.2) is 18.2 Å². The third kappa shape index (κ3) is 3.45. The minimum absolute atomic E-state index is 0.248. The summed E-state index contributed by atoms with van der Waals surface area (Å²) in [5.74, 6) is 0.227. The average molecular weight is 254 g/mol. The van der Waals surface area contributed by atoms with Gasteiger partial charge in [0.15, 0.2) is 6.29 Å². The van der Waals surface area contributed by atoms with Gasteiger partial charge in [-0.15, -0.1) is 0 Å². The quantitative estimate of drug-likeness (QED) is 0.572. The predicted molar refractivity (Wildman–Crippen MR) is 65.8 cm³/mol. The Bertz CT molecular complexity index is 398. The molecule has 0 radical (unpaired) electrons. The highest BCUT2D eigenvalue weighted by Crippen LogP contribution is 2.22. The molecule has 0 fully saturated rings. The normalized spacial score (nSPS) is 10.5. The van der Waals surface area contributed by atoms with Crippen LogP contribution < -0.4 is 4.74 Å². The molecule has 0 aliphatic carbocycles. The molecule has 0 aromatic heterocycles. The van der Waals surface area contributed by atoms with Crippen molar-refractivity contribution < 1.29 is 23.7 Å². The van der Waals surface area contributed by atoms with Crippen LogP contribution in [0.2, 0.25) is 0 Å². The zero-order valence-corrected chi connectivity index (χ0v) is 11.1. The number of rotatable bonds is 6. The van der Waals surface area contributed by atoms with E-state index in [0.29, 0.717) is 11.3 Å². The molecule has 0 saturated heterocycles. The van der Waals surface area contributed by atoms with Gasteiger partial charge in [0.2, 0.25) is 0 Å². The summed E-state index contributed by atoms with van der Waals surface area (Å²) >= 11 is 0. The van der Waals surface area contributed by atoms with Gasteiger partial charge in [0.05, 0.1) is 12.7 Å². The van der Waals surface area contributed by atoms with Crippen LogP contribution in [0.3, 0.4) is 0 Å². The lowest BCUT2D eigenvalue weighted by atomic mass is 10.1. The summed E-state index contributed by atoms with van der Waals surface area (Å²) in [6.45, 7) is 2.05. The Morgan fingerprint density at radius 3 is 2.44 bits per heavy atom. The molecule has 0 aliphatic rings. The molecule has 0 spiro atoms. The Balaban J connectivity index is 2.81. The highest BCUT2D eigenvalue weighted by Gasteiger charge is 2.14. The lowest BCUT2D eigenvalue weighted by molar-refractivity contribution is -0.122. The fraction of sp³-hybridized carbons (Fsp3) is 0.462. The van der Waals surface area contributed by atoms with Gasteiger partial charge in [0.25, 0.3) is 0 Å². The van der Waals surface area contributed by atoms with Crippen molar-refractivity contribution >= 4 is 5.97 Å². The first kappa shape index (κ1) is 14.5. The zero-order chi connectivity index (χ0) is 13.5. The number of hydrogen-bond acceptors (Lipinski definition) is 5. The van der Waals surface area contributed by atoms with E-state index in [1.165, 1.54) is 21.3 Å². The summed E-state index contributed by atoms with van der Waals surface area (Å²) in [5.41, 5.74) is 1.22. The SMILES string of the molecule is COC(=O)c1cccc(OCC(OC)OC)c1C. The Labute approximate surface area is 107 Å². The van der Waals surface area contributed by atoms with E-state index in [4.69, 9.17) is 18.9 Å². The molecule has 1 rings (SSSR count). The zero-order valence-electron chi connectivity index (χ0n) is 11.1. The first-order chi connectivity index (χ1) is 8.63. The van der Waals surface area contributed by atoms with Gasteiger partial charge >= 0.3 is 5.97 Å². The smallest absolute Gasteiger partial charge is 0.338 e. The third-order valence-electron chi connectivity index (χ3n) is 2.59. The van der Waals surface area contributed by atoms with Gasteiger partial charge in [-0.25, -0.2) is 4.79 Å². The first-order valence-electron chi connectivity index (χ1n) is 5.50. The van der Waals surface area contributed by atoms with E-state index in [1.807, 2.05) is 0 Å². The second-order valence-corrected chi connectivity index (χ2v) is 3.63. The number of carbonyl (C=O) groups excluding carboxylic acids is 1. The van der Waals surface area contributed by atoms with E-state index >= 15 is 0 Å². The van der Waals surface area contributed by atoms with E-state index in [-0.39, 0.29) is 12.6 Å². The highest BCUT2D eigenvalue weighted by molar-refractivity contribution is 5.91. The van der Waals surface area contributed by atoms with Crippen LogP contribution in [0.5, 0.6) is 5.75 Å². The van der Waals surface area contributed by atoms with E-state index in [0.717, 1.165) is 5.56 Å². The van der Waals surface area contributed by atoms with Gasteiger partial charge in [0.1, 0.15) is 12.4 Å². The number of ether oxygens (including phenoxy) is 4. The molecule has 0 aliphatic heterocycles. The topological polar surface area (TPSA) is 54.0 Å². The monoisotopic (exact) mass is 254 g/mol. The van der Waals surface area contributed by atoms with Crippen LogP contribution in [0, 0.1) is 6.92 Å². The fourth-order valence-corrected chi connectivity index (χ4v) is 1.49. The molecule has 5 nitrogen and oxygen atoms in total. The predicted octanol–water partition coefficient (Wildman–Crippen LogP) is 1.78. The molecule has 100 valence electrons. The molecule has 1 aromatic carbocycles. The third-order valence-corrected chi connectivity index (χ3v) is 2.59. The van der Waals surface area contributed by atoms with Crippen LogP contribution in [-0.2, 0) is 14.2 Å². The van der Waals surface area contributed by atoms with Crippen molar-refractivity contribution in [2.24, 2.45) is 0 Å². The first-order valence-corrected chi connectivity index (χ1v) is 5.50. The van der Waals surface area contributed by atoms with Crippen molar-refractivity contribution in [3.63, 3.8) is 0 Å². The Hall–Kier alpha value is -1.59. The van der Waals surface area contributed by atoms with Gasteiger partial charge in [-0.2, -0.15) is 0 Å². The molecular weight excluding hydrogens is 236 g/mol. The molecule has 0 atom stereocenters. The molecular formula is C13H18O5. The maximum absolute atomic E-state index is 11.5. The van der Waals surface area contributed by atoms with Crippen LogP contribution in [0.1, 0.15) is 15.9 Å². The largest absolute Gasteiger partial charge is 0.488 e. The van der Waals surface area contributed by atoms with Crippen LogP contribution >= 0.6 is 0 Å². The molecule has 0 amide bonds. The number of hydrogen-bond donors (Lipinski definition) is 0. The number of esters is 1. The lowest BCUT2D eigenvalue weighted by Gasteiger charge is -2.16. The summed E-state index contributed by atoms with van der Waals surface area (Å²) in [4.78, 5) is 11.5. The second-order valence-electron chi connectivity index (χ2n) is 3.63. The van der Waals surface area contributed by atoms with E-state index < -0.39 is 6.29 Å². The molecule has 1 aromatic rings. The average Bonchev–Trinajstić information content (AvgIpc) is 2.40. The number of methoxy groups -OCH3 is 3. The molecule has 0 saturated carbocycles. The van der Waals surface area contributed by atoms with Crippen molar-refractivity contribution in [2.75, 3.05) is 27.9 Å². The van der Waals surface area contributed by atoms with Crippen molar-refractivity contribution in [3.8, 4) is 5.75 Å². The summed E-state index contributed by atoms with van der Waals surface area (Å²) in [5, 5.41) is 0. The minimum atomic E-state index is -0.439. The van der Waals surface area contributed by atoms with Crippen molar-refractivity contribution in [1.29, 1.82) is 0 Å². The summed E-state index contributed by atoms with van der Waals surface area (Å²) < 4.78 is 20.3. The maximum atomic E-state index is 11.5. The fourth-order valence-electron chi connectivity index (χ4n) is 1.49. The van der Waals surface area contributed by atoms with Crippen molar-refractivity contribution in [1.82, 2.24) is 0 Å². The Morgan fingerprint density at radius 1 is 1.22 bits per heavy atom. The van der Waals surface area contributed by atoms with Gasteiger partial charge in [-0.1, -0.05) is 6.07 Å². The number of benzene rings is 1. The Kier molecular flexibility index (Phi) is 5.61. The maximum Gasteiger partial charge on any atom is 0.338 e. The molecule has 18 heavy (non-hydrogen) atoms. The molecule has 0 N–H and O–H groups in total. The van der Waals surface area contributed by atoms with Gasteiger partial charge in [-0.05, 0) is 19.1 Å². The van der Waals surface area contributed by atoms with Gasteiger partial charge in [0, 0.05) is 19.8 Å². The van der Waals surface area contributed by atoms with E-state index in [9.17, 15) is 4.79 Å². The van der Waals surface area contributed by atoms with Crippen LogP contribution in [-0.4, -0.2) is 40.2 Å². The molecule has 5 heteroatoms. The molecule has 0 bridgehead atoms. The number of carbonyl (C=O) groups is 1.